The third kappa shape index (κ3) is 2.76. The summed E-state index contributed by atoms with van der Waals surface area (Å²) in [6.07, 6.45) is 10.1. The smallest absolute Gasteiger partial charge is 0.321 e. The zero-order valence-electron chi connectivity index (χ0n) is 8.54. The van der Waals surface area contributed by atoms with Gasteiger partial charge < -0.3 is 10.2 Å². The molecule has 0 unspecified atom stereocenters. The lowest BCUT2D eigenvalue weighted by Gasteiger charge is -2.26. The van der Waals surface area contributed by atoms with Crippen molar-refractivity contribution in [1.82, 2.24) is 10.2 Å². The second-order valence-electron chi connectivity index (χ2n) is 4.19. The van der Waals surface area contributed by atoms with Crippen LogP contribution in [0.3, 0.4) is 0 Å². The topological polar surface area (TPSA) is 32.3 Å². The molecule has 2 rings (SSSR count). The van der Waals surface area contributed by atoms with Crippen LogP contribution in [0, 0.1) is 5.92 Å². The minimum atomic E-state index is 0.0709. The van der Waals surface area contributed by atoms with Gasteiger partial charge in [-0.05, 0) is 38.0 Å². The predicted molar refractivity (Wildman–Crippen MR) is 55.8 cm³/mol. The van der Waals surface area contributed by atoms with E-state index in [4.69, 9.17) is 0 Å². The Balaban J connectivity index is 1.70. The normalized spacial score (nSPS) is 22.7. The van der Waals surface area contributed by atoms with E-state index >= 15 is 0 Å². The Bertz CT molecular complexity index is 227. The number of likely N-dealkylation sites (tertiary alicyclic amines) is 1. The van der Waals surface area contributed by atoms with E-state index in [0.717, 1.165) is 31.8 Å². The van der Waals surface area contributed by atoms with Gasteiger partial charge in [0.05, 0.1) is 0 Å². The van der Waals surface area contributed by atoms with Gasteiger partial charge in [0.1, 0.15) is 0 Å². The van der Waals surface area contributed by atoms with Gasteiger partial charge in [0.2, 0.25) is 0 Å². The molecule has 1 saturated heterocycles. The lowest BCUT2D eigenvalue weighted by molar-refractivity contribution is 0.190. The van der Waals surface area contributed by atoms with Crippen LogP contribution < -0.4 is 5.32 Å². The highest BCUT2D eigenvalue weighted by atomic mass is 16.2. The van der Waals surface area contributed by atoms with Gasteiger partial charge in [-0.25, -0.2) is 4.79 Å². The number of nitrogens with zero attached hydrogens (tertiary/aromatic N) is 1. The van der Waals surface area contributed by atoms with Crippen molar-refractivity contribution >= 4 is 6.03 Å². The second kappa shape index (κ2) is 4.49. The van der Waals surface area contributed by atoms with Gasteiger partial charge >= 0.3 is 6.03 Å². The molecule has 0 spiro atoms. The summed E-state index contributed by atoms with van der Waals surface area (Å²) in [6.45, 7) is 1.84. The molecule has 78 valence electrons. The molecule has 0 aromatic carbocycles. The standard InChI is InChI=1S/C11H18N2O/c14-11(12-7-6-10-4-5-10)13-8-2-1-3-9-13/h6-7,10H,1-5,8-9H2,(H,12,14)/b7-6+. The summed E-state index contributed by atoms with van der Waals surface area (Å²) in [7, 11) is 0. The molecular weight excluding hydrogens is 176 g/mol. The van der Waals surface area contributed by atoms with Gasteiger partial charge in [-0.3, -0.25) is 0 Å². The van der Waals surface area contributed by atoms with Crippen molar-refractivity contribution in [3.05, 3.63) is 12.3 Å². The zero-order chi connectivity index (χ0) is 9.80. The van der Waals surface area contributed by atoms with Crippen molar-refractivity contribution < 1.29 is 4.79 Å². The van der Waals surface area contributed by atoms with Gasteiger partial charge in [-0.2, -0.15) is 0 Å². The Morgan fingerprint density at radius 1 is 1.21 bits per heavy atom. The quantitative estimate of drug-likeness (QED) is 0.717. The lowest BCUT2D eigenvalue weighted by Crippen LogP contribution is -2.40. The van der Waals surface area contributed by atoms with E-state index in [0.29, 0.717) is 0 Å². The monoisotopic (exact) mass is 194 g/mol. The van der Waals surface area contributed by atoms with E-state index in [-0.39, 0.29) is 6.03 Å². The Morgan fingerprint density at radius 2 is 1.93 bits per heavy atom. The molecule has 1 saturated carbocycles. The van der Waals surface area contributed by atoms with Gasteiger partial charge in [-0.15, -0.1) is 0 Å². The fraction of sp³-hybridized carbons (Fsp3) is 0.727. The molecule has 3 nitrogen and oxygen atoms in total. The van der Waals surface area contributed by atoms with E-state index < -0.39 is 0 Å². The Hall–Kier alpha value is -0.990. The molecule has 14 heavy (non-hydrogen) atoms. The van der Waals surface area contributed by atoms with Crippen LogP contribution in [0.25, 0.3) is 0 Å². The molecule has 1 aliphatic heterocycles. The highest BCUT2D eigenvalue weighted by Crippen LogP contribution is 2.29. The van der Waals surface area contributed by atoms with Crippen LogP contribution in [0.15, 0.2) is 12.3 Å². The van der Waals surface area contributed by atoms with Gasteiger partial charge in [0, 0.05) is 19.3 Å². The van der Waals surface area contributed by atoms with E-state index in [1.807, 2.05) is 11.1 Å². The summed E-state index contributed by atoms with van der Waals surface area (Å²) >= 11 is 0. The summed E-state index contributed by atoms with van der Waals surface area (Å²) in [5.41, 5.74) is 0. The molecule has 0 radical (unpaired) electrons. The molecule has 1 N–H and O–H groups in total. The van der Waals surface area contributed by atoms with Crippen LogP contribution in [0.2, 0.25) is 0 Å². The number of carbonyl (C=O) groups excluding carboxylic acids is 1. The first kappa shape index (κ1) is 9.56. The number of hydrogen-bond donors (Lipinski definition) is 1. The van der Waals surface area contributed by atoms with Crippen molar-refractivity contribution in [2.24, 2.45) is 5.92 Å². The first-order valence-electron chi connectivity index (χ1n) is 5.58. The highest BCUT2D eigenvalue weighted by molar-refractivity contribution is 5.75. The Labute approximate surface area is 85.2 Å². The van der Waals surface area contributed by atoms with Crippen LogP contribution >= 0.6 is 0 Å². The van der Waals surface area contributed by atoms with Crippen LogP contribution in [-0.4, -0.2) is 24.0 Å². The summed E-state index contributed by atoms with van der Waals surface area (Å²) < 4.78 is 0. The van der Waals surface area contributed by atoms with Crippen molar-refractivity contribution in [3.8, 4) is 0 Å². The number of hydrogen-bond acceptors (Lipinski definition) is 1. The van der Waals surface area contributed by atoms with Crippen LogP contribution in [0.4, 0.5) is 4.79 Å². The van der Waals surface area contributed by atoms with Crippen LogP contribution in [-0.2, 0) is 0 Å². The molecule has 0 aromatic heterocycles. The molecule has 0 atom stereocenters. The van der Waals surface area contributed by atoms with Crippen molar-refractivity contribution in [2.45, 2.75) is 32.1 Å². The number of rotatable bonds is 2. The molecule has 0 bridgehead atoms. The molecule has 2 amide bonds. The third-order valence-corrected chi connectivity index (χ3v) is 2.84. The van der Waals surface area contributed by atoms with Crippen LogP contribution in [0.5, 0.6) is 0 Å². The van der Waals surface area contributed by atoms with Crippen molar-refractivity contribution in [1.29, 1.82) is 0 Å². The summed E-state index contributed by atoms with van der Waals surface area (Å²) in [4.78, 5) is 13.5. The molecule has 1 aliphatic carbocycles. The van der Waals surface area contributed by atoms with Gasteiger partial charge in [0.15, 0.2) is 0 Å². The second-order valence-corrected chi connectivity index (χ2v) is 4.19. The van der Waals surface area contributed by atoms with E-state index in [1.54, 1.807) is 0 Å². The summed E-state index contributed by atoms with van der Waals surface area (Å²) in [5.74, 6) is 0.733. The van der Waals surface area contributed by atoms with Crippen LogP contribution in [0.1, 0.15) is 32.1 Å². The minimum absolute atomic E-state index is 0.0709. The van der Waals surface area contributed by atoms with Gasteiger partial charge in [0.25, 0.3) is 0 Å². The highest BCUT2D eigenvalue weighted by Gasteiger charge is 2.18. The van der Waals surface area contributed by atoms with E-state index in [2.05, 4.69) is 11.4 Å². The SMILES string of the molecule is O=C(N/C=C/C1CC1)N1CCCCC1. The number of nitrogens with one attached hydrogen (secondary N) is 1. The number of carbonyl (C=O) groups is 1. The molecular formula is C11H18N2O. The lowest BCUT2D eigenvalue weighted by atomic mass is 10.1. The average molecular weight is 194 g/mol. The molecule has 1 heterocycles. The van der Waals surface area contributed by atoms with Crippen molar-refractivity contribution in [2.75, 3.05) is 13.1 Å². The minimum Gasteiger partial charge on any atom is -0.325 e. The Morgan fingerprint density at radius 3 is 2.57 bits per heavy atom. The molecule has 3 heteroatoms. The maximum absolute atomic E-state index is 11.6. The first-order valence-corrected chi connectivity index (χ1v) is 5.58. The first-order chi connectivity index (χ1) is 6.86. The maximum Gasteiger partial charge on any atom is 0.321 e. The number of urea groups is 1. The summed E-state index contributed by atoms with van der Waals surface area (Å²) in [5, 5.41) is 2.83. The fourth-order valence-corrected chi connectivity index (χ4v) is 1.73. The predicted octanol–water partition coefficient (Wildman–Crippen LogP) is 2.11. The number of piperidine rings is 1. The largest absolute Gasteiger partial charge is 0.325 e. The van der Waals surface area contributed by atoms with E-state index in [9.17, 15) is 4.79 Å². The average Bonchev–Trinajstić information content (AvgIpc) is 3.03. The van der Waals surface area contributed by atoms with Gasteiger partial charge in [-0.1, -0.05) is 6.08 Å². The zero-order valence-corrected chi connectivity index (χ0v) is 8.54. The molecule has 2 aliphatic rings. The Kier molecular flexibility index (Phi) is 3.07. The molecule has 0 aromatic rings. The number of allylic oxidation sites excluding steroid dienone is 1. The maximum atomic E-state index is 11.6. The van der Waals surface area contributed by atoms with Crippen molar-refractivity contribution in [3.63, 3.8) is 0 Å². The third-order valence-electron chi connectivity index (χ3n) is 2.84. The summed E-state index contributed by atoms with van der Waals surface area (Å²) in [6, 6.07) is 0.0709. The molecule has 2 fully saturated rings. The fourth-order valence-electron chi connectivity index (χ4n) is 1.73. The number of amides is 2. The van der Waals surface area contributed by atoms with E-state index in [1.165, 1.54) is 19.3 Å².